The Morgan fingerprint density at radius 1 is 0.517 bits per heavy atom. The van der Waals surface area contributed by atoms with Crippen LogP contribution >= 0.6 is 0 Å². The van der Waals surface area contributed by atoms with E-state index in [4.69, 9.17) is 10.7 Å². The Bertz CT molecular complexity index is 1960. The average Bonchev–Trinajstić information content (AvgIpc) is 4.01. The van der Waals surface area contributed by atoms with Gasteiger partial charge in [-0.1, -0.05) is 6.92 Å². The van der Waals surface area contributed by atoms with Gasteiger partial charge in [-0.25, -0.2) is 65.9 Å². The maximum Gasteiger partial charge on any atom is 4.00 e. The SMILES string of the molecule is C/C(=C\C#N)N[B-](c1c(F)c(F)c(F)c(F)c1F)(c1c(F)c(F)c(F)c(F)c1F)c1c(F)c(F)c(F)c(F)c1F.CC(=N)c1[c-]cccc1.[CH]1[CH][CH][CH][CH]1.[CH]1[CH][CH][CH][CH]1.[Zr+4]. The molecule has 2 aliphatic carbocycles. The molecule has 308 valence electrons. The Morgan fingerprint density at radius 2 is 0.783 bits per heavy atom. The zero-order valence-corrected chi connectivity index (χ0v) is 32.8. The largest absolute Gasteiger partial charge is 4.00 e. The first-order valence-electron chi connectivity index (χ1n) is 16.2. The van der Waals surface area contributed by atoms with Gasteiger partial charge in [0.15, 0.2) is 58.6 Å². The van der Waals surface area contributed by atoms with Crippen LogP contribution in [0.3, 0.4) is 0 Å². The van der Waals surface area contributed by atoms with E-state index >= 15 is 26.3 Å². The van der Waals surface area contributed by atoms with E-state index in [1.807, 2.05) is 88.5 Å². The van der Waals surface area contributed by atoms with Crippen molar-refractivity contribution in [1.82, 2.24) is 5.23 Å². The molecule has 0 heterocycles. The second-order valence-corrected chi connectivity index (χ2v) is 11.7. The molecule has 0 amide bonds. The Morgan fingerprint density at radius 3 is 0.983 bits per heavy atom. The number of hydrogen-bond donors (Lipinski definition) is 2. The van der Waals surface area contributed by atoms with Crippen molar-refractivity contribution in [2.45, 2.75) is 13.8 Å². The van der Waals surface area contributed by atoms with Crippen molar-refractivity contribution < 1.29 is 92.1 Å². The molecule has 0 atom stereocenters. The van der Waals surface area contributed by atoms with E-state index in [0.717, 1.165) is 11.6 Å². The van der Waals surface area contributed by atoms with E-state index in [1.165, 1.54) is 5.23 Å². The van der Waals surface area contributed by atoms with E-state index in [0.29, 0.717) is 12.6 Å². The molecular weight excluding hydrogens is 909 g/mol. The van der Waals surface area contributed by atoms with Crippen LogP contribution in [0.15, 0.2) is 36.0 Å². The summed E-state index contributed by atoms with van der Waals surface area (Å²) in [6.07, 6.45) is 14.2. The molecule has 0 saturated heterocycles. The summed E-state index contributed by atoms with van der Waals surface area (Å²) < 4.78 is 218. The van der Waals surface area contributed by atoms with Gasteiger partial charge in [-0.05, 0) is 82.5 Å². The summed E-state index contributed by atoms with van der Waals surface area (Å²) in [6, 6.07) is 11.6. The van der Waals surface area contributed by atoms with E-state index in [-0.39, 0.29) is 32.3 Å². The molecule has 0 bridgehead atoms. The van der Waals surface area contributed by atoms with Gasteiger partial charge in [-0.3, -0.25) is 0 Å². The monoisotopic (exact) mass is 931 g/mol. The third-order valence-electron chi connectivity index (χ3n) is 7.98. The number of nitrogens with one attached hydrogen (secondary N) is 2. The van der Waals surface area contributed by atoms with E-state index < -0.39 is 116 Å². The minimum atomic E-state index is -5.94. The molecule has 0 unspecified atom stereocenters. The molecular formula is C40H23BF15N3Zr+2. The summed E-state index contributed by atoms with van der Waals surface area (Å²) in [6.45, 7) is 2.29. The Labute approximate surface area is 354 Å². The van der Waals surface area contributed by atoms with Crippen molar-refractivity contribution in [2.75, 3.05) is 0 Å². The van der Waals surface area contributed by atoms with Crippen LogP contribution < -0.4 is 21.6 Å². The van der Waals surface area contributed by atoms with Crippen LogP contribution in [0.5, 0.6) is 0 Å². The molecule has 20 heteroatoms. The van der Waals surface area contributed by atoms with Gasteiger partial charge in [-0.15, -0.1) is 52.3 Å². The smallest absolute Gasteiger partial charge is 0.550 e. The summed E-state index contributed by atoms with van der Waals surface area (Å²) in [5, 5.41) is 17.4. The molecule has 2 fully saturated rings. The molecule has 4 aromatic carbocycles. The first kappa shape index (κ1) is 51.6. The zero-order valence-electron chi connectivity index (χ0n) is 30.4. The number of allylic oxidation sites excluding steroid dienone is 2. The number of nitriles is 1. The van der Waals surface area contributed by atoms with Gasteiger partial charge < -0.3 is 10.6 Å². The summed E-state index contributed by atoms with van der Waals surface area (Å²) in [5.41, 5.74) is -8.16. The van der Waals surface area contributed by atoms with Crippen molar-refractivity contribution in [3.63, 3.8) is 0 Å². The molecule has 0 aromatic heterocycles. The normalized spacial score (nSPS) is 13.4. The van der Waals surface area contributed by atoms with E-state index in [2.05, 4.69) is 6.07 Å². The minimum absolute atomic E-state index is 0. The predicted molar refractivity (Wildman–Crippen MR) is 187 cm³/mol. The summed E-state index contributed by atoms with van der Waals surface area (Å²) in [4.78, 5) is 0. The maximum absolute atomic E-state index is 15.1. The van der Waals surface area contributed by atoms with Crippen molar-refractivity contribution in [1.29, 1.82) is 10.7 Å². The third-order valence-corrected chi connectivity index (χ3v) is 7.98. The second kappa shape index (κ2) is 22.9. The van der Waals surface area contributed by atoms with Crippen LogP contribution in [-0.2, 0) is 26.2 Å². The van der Waals surface area contributed by atoms with Crippen molar-refractivity contribution >= 4 is 28.4 Å². The standard InChI is InChI=1S/C22H5BF15N2.C8H8N.2C5H5.Zr/c1-4(2-3-39)40-23(5-8(24)14(30)20(36)15(31)9(5)25,6-10(26)16(32)21(37)17(33)11(6)27)7-12(28)18(34)22(38)19(35)13(7)29;1-7(9)8-5-3-2-4-6-8;2*1-2-4-5-3-1;/h2,40H,1H3;2-5,9H,1H3;2*1-5H;/q2*-1;;;+4/b4-2+;;;;. The van der Waals surface area contributed by atoms with Gasteiger partial charge in [0.25, 0.3) is 0 Å². The fourth-order valence-corrected chi connectivity index (χ4v) is 5.40. The first-order chi connectivity index (χ1) is 27.8. The van der Waals surface area contributed by atoms with Gasteiger partial charge in [0.05, 0.1) is 6.07 Å². The van der Waals surface area contributed by atoms with Crippen LogP contribution in [0.2, 0.25) is 0 Å². The number of nitrogens with zero attached hydrogens (tertiary/aromatic N) is 1. The van der Waals surface area contributed by atoms with Gasteiger partial charge in [0.1, 0.15) is 34.9 Å². The van der Waals surface area contributed by atoms with Crippen LogP contribution in [-0.4, -0.2) is 12.0 Å². The van der Waals surface area contributed by atoms with Crippen molar-refractivity contribution in [3.8, 4) is 6.07 Å². The molecule has 4 aromatic rings. The topological polar surface area (TPSA) is 59.7 Å². The second-order valence-electron chi connectivity index (χ2n) is 11.7. The number of halogens is 15. The molecule has 2 N–H and O–H groups in total. The quantitative estimate of drug-likeness (QED) is 0.0387. The third kappa shape index (κ3) is 11.0. The molecule has 2 aliphatic rings. The van der Waals surface area contributed by atoms with Crippen LogP contribution in [0.4, 0.5) is 65.9 Å². The fraction of sp³-hybridized carbons (Fsp3) is 0.0500. The molecule has 0 spiro atoms. The zero-order chi connectivity index (χ0) is 44.4. The molecule has 60 heavy (non-hydrogen) atoms. The first-order valence-corrected chi connectivity index (χ1v) is 16.2. The minimum Gasteiger partial charge on any atom is -0.550 e. The average molecular weight is 933 g/mol. The van der Waals surface area contributed by atoms with Crippen LogP contribution in [0.1, 0.15) is 19.4 Å². The maximum atomic E-state index is 15.1. The molecule has 3 nitrogen and oxygen atoms in total. The Balaban J connectivity index is 0.000000500. The predicted octanol–water partition coefficient (Wildman–Crippen LogP) is 8.67. The van der Waals surface area contributed by atoms with Crippen molar-refractivity contribution in [2.24, 2.45) is 0 Å². The van der Waals surface area contributed by atoms with Crippen LogP contribution in [0.25, 0.3) is 0 Å². The fourth-order valence-electron chi connectivity index (χ4n) is 5.40. The number of benzene rings is 4. The summed E-state index contributed by atoms with van der Waals surface area (Å²) >= 11 is 0. The van der Waals surface area contributed by atoms with E-state index in [1.54, 1.807) is 6.92 Å². The van der Waals surface area contributed by atoms with Gasteiger partial charge in [0.2, 0.25) is 0 Å². The Hall–Kier alpha value is -4.52. The van der Waals surface area contributed by atoms with Crippen LogP contribution in [0, 0.1) is 174 Å². The van der Waals surface area contributed by atoms with Gasteiger partial charge in [0, 0.05) is 6.08 Å². The molecule has 10 radical (unpaired) electrons. The number of rotatable bonds is 6. The van der Waals surface area contributed by atoms with E-state index in [9.17, 15) is 39.5 Å². The number of hydrogen-bond acceptors (Lipinski definition) is 3. The molecule has 2 saturated carbocycles. The van der Waals surface area contributed by atoms with Gasteiger partial charge in [-0.2, -0.15) is 5.26 Å². The Kier molecular flexibility index (Phi) is 19.7. The van der Waals surface area contributed by atoms with Crippen molar-refractivity contribution in [3.05, 3.63) is 199 Å². The van der Waals surface area contributed by atoms with Gasteiger partial charge >= 0.3 is 26.2 Å². The summed E-state index contributed by atoms with van der Waals surface area (Å²) in [5.74, 6) is -46.7. The molecule has 6 rings (SSSR count). The summed E-state index contributed by atoms with van der Waals surface area (Å²) in [7, 11) is 0. The molecule has 0 aliphatic heterocycles.